The molecule has 7 nitrogen and oxygen atoms in total. The van der Waals surface area contributed by atoms with Crippen molar-refractivity contribution in [2.75, 3.05) is 24.5 Å². The lowest BCUT2D eigenvalue weighted by Crippen LogP contribution is -2.47. The molecule has 2 aromatic heterocycles. The van der Waals surface area contributed by atoms with Crippen molar-refractivity contribution in [1.82, 2.24) is 19.7 Å². The summed E-state index contributed by atoms with van der Waals surface area (Å²) in [5.41, 5.74) is 0.467. The summed E-state index contributed by atoms with van der Waals surface area (Å²) in [4.78, 5) is 33.6. The maximum absolute atomic E-state index is 13.3. The van der Waals surface area contributed by atoms with Crippen LogP contribution < -0.4 is 4.90 Å². The third-order valence-corrected chi connectivity index (χ3v) is 6.99. The molecule has 0 saturated carbocycles. The second-order valence-corrected chi connectivity index (χ2v) is 9.12. The van der Waals surface area contributed by atoms with Crippen molar-refractivity contribution < 1.29 is 22.8 Å². The lowest BCUT2D eigenvalue weighted by atomic mass is 9.77. The molecule has 2 fully saturated rings. The van der Waals surface area contributed by atoms with E-state index in [-0.39, 0.29) is 17.6 Å². The third-order valence-electron chi connectivity index (χ3n) is 6.99. The van der Waals surface area contributed by atoms with Crippen molar-refractivity contribution >= 4 is 17.6 Å². The molecule has 1 spiro atoms. The average Bonchev–Trinajstić information content (AvgIpc) is 3.39. The van der Waals surface area contributed by atoms with E-state index in [9.17, 15) is 22.8 Å². The number of hydrogen-bond donors (Lipinski definition) is 0. The first kappa shape index (κ1) is 23.1. The zero-order valence-corrected chi connectivity index (χ0v) is 19.1. The van der Waals surface area contributed by atoms with E-state index in [1.165, 1.54) is 4.90 Å². The summed E-state index contributed by atoms with van der Waals surface area (Å²) in [5.74, 6) is -0.392. The van der Waals surface area contributed by atoms with Crippen LogP contribution in [0.5, 0.6) is 0 Å². The molecule has 0 atom stereocenters. The molecule has 4 heterocycles. The zero-order chi connectivity index (χ0) is 24.8. The Hall–Kier alpha value is -3.69. The van der Waals surface area contributed by atoms with E-state index >= 15 is 0 Å². The molecule has 0 radical (unpaired) electrons. The van der Waals surface area contributed by atoms with Gasteiger partial charge in [0.2, 0.25) is 5.91 Å². The van der Waals surface area contributed by atoms with Gasteiger partial charge in [-0.25, -0.2) is 9.67 Å². The molecule has 2 saturated heterocycles. The molecule has 2 aliphatic heterocycles. The Balaban J connectivity index is 1.28. The summed E-state index contributed by atoms with van der Waals surface area (Å²) < 4.78 is 41.0. The van der Waals surface area contributed by atoms with Gasteiger partial charge in [0.25, 0.3) is 5.91 Å². The number of hydrogen-bond acceptors (Lipinski definition) is 4. The molecule has 3 aromatic rings. The number of alkyl halides is 3. The van der Waals surface area contributed by atoms with Gasteiger partial charge in [-0.3, -0.25) is 14.5 Å². The van der Waals surface area contributed by atoms with E-state index in [1.807, 2.05) is 43.5 Å². The number of piperidine rings is 1. The van der Waals surface area contributed by atoms with Crippen LogP contribution in [0.25, 0.3) is 5.69 Å². The lowest BCUT2D eigenvalue weighted by Gasteiger charge is -2.37. The molecule has 0 unspecified atom stereocenters. The molecule has 2 aliphatic rings. The van der Waals surface area contributed by atoms with E-state index in [2.05, 4.69) is 10.1 Å². The molecular weight excluding hydrogens is 459 g/mol. The van der Waals surface area contributed by atoms with Crippen molar-refractivity contribution in [3.8, 4) is 5.69 Å². The number of pyridine rings is 1. The molecule has 0 aliphatic carbocycles. The highest BCUT2D eigenvalue weighted by molar-refractivity contribution is 6.00. The fourth-order valence-electron chi connectivity index (χ4n) is 4.92. The van der Waals surface area contributed by atoms with Gasteiger partial charge in [0, 0.05) is 37.6 Å². The Bertz CT molecular complexity index is 1260. The van der Waals surface area contributed by atoms with Crippen molar-refractivity contribution in [2.45, 2.75) is 32.4 Å². The van der Waals surface area contributed by atoms with Crippen molar-refractivity contribution in [3.63, 3.8) is 0 Å². The number of carbonyl (C=O) groups excluding carboxylic acids is 2. The van der Waals surface area contributed by atoms with Gasteiger partial charge in [-0.15, -0.1) is 0 Å². The summed E-state index contributed by atoms with van der Waals surface area (Å²) in [6, 6.07) is 11.3. The van der Waals surface area contributed by atoms with E-state index < -0.39 is 17.2 Å². The quantitative estimate of drug-likeness (QED) is 0.558. The van der Waals surface area contributed by atoms with Crippen LogP contribution in [-0.2, 0) is 11.0 Å². The number of nitrogens with zero attached hydrogens (tertiary/aromatic N) is 5. The largest absolute Gasteiger partial charge is 0.416 e. The van der Waals surface area contributed by atoms with Crippen LogP contribution in [0.15, 0.2) is 54.9 Å². The number of aromatic nitrogens is 3. The molecule has 0 N–H and O–H groups in total. The second kappa shape index (κ2) is 8.51. The summed E-state index contributed by atoms with van der Waals surface area (Å²) in [6.07, 6.45) is -0.192. The summed E-state index contributed by atoms with van der Waals surface area (Å²) in [5, 5.41) is 4.49. The van der Waals surface area contributed by atoms with E-state index in [1.54, 1.807) is 9.58 Å². The highest BCUT2D eigenvalue weighted by atomic mass is 19.4. The summed E-state index contributed by atoms with van der Waals surface area (Å²) in [6.45, 7) is 2.91. The van der Waals surface area contributed by atoms with Gasteiger partial charge < -0.3 is 4.90 Å². The number of anilines is 1. The number of aryl methyl sites for hydroxylation is 1. The smallest absolute Gasteiger partial charge is 0.337 e. The summed E-state index contributed by atoms with van der Waals surface area (Å²) in [7, 11) is 0. The van der Waals surface area contributed by atoms with Gasteiger partial charge in [0.1, 0.15) is 5.82 Å². The Labute approximate surface area is 200 Å². The van der Waals surface area contributed by atoms with Crippen molar-refractivity contribution in [2.24, 2.45) is 5.41 Å². The second-order valence-electron chi connectivity index (χ2n) is 9.12. The minimum Gasteiger partial charge on any atom is -0.337 e. The number of amides is 2. The predicted molar refractivity (Wildman–Crippen MR) is 122 cm³/mol. The van der Waals surface area contributed by atoms with Crippen LogP contribution in [0, 0.1) is 12.3 Å². The first-order valence-corrected chi connectivity index (χ1v) is 11.4. The predicted octanol–water partition coefficient (Wildman–Crippen LogP) is 4.25. The van der Waals surface area contributed by atoms with E-state index in [0.29, 0.717) is 44.6 Å². The van der Waals surface area contributed by atoms with Crippen LogP contribution in [-0.4, -0.2) is 51.1 Å². The minimum atomic E-state index is -4.50. The number of halogens is 3. The van der Waals surface area contributed by atoms with Crippen LogP contribution in [0.4, 0.5) is 19.0 Å². The topological polar surface area (TPSA) is 71.3 Å². The van der Waals surface area contributed by atoms with E-state index in [4.69, 9.17) is 0 Å². The molecule has 0 bridgehead atoms. The van der Waals surface area contributed by atoms with Crippen LogP contribution >= 0.6 is 0 Å². The average molecular weight is 483 g/mol. The molecule has 35 heavy (non-hydrogen) atoms. The fraction of sp³-hybridized carbons (Fsp3) is 0.360. The standard InChI is InChI=1S/C25H24F3N5O2/c1-17-16-33(19-5-3-2-4-6-19)30-21(17)22(34)31-12-8-24(9-13-31)10-14-32(23(24)35)20-15-18(7-11-29-20)25(26,27)28/h2-7,11,15-16H,8-10,12-14H2,1H3. The monoisotopic (exact) mass is 483 g/mol. The van der Waals surface area contributed by atoms with Gasteiger partial charge in [-0.05, 0) is 50.5 Å². The van der Waals surface area contributed by atoms with Crippen molar-refractivity contribution in [1.29, 1.82) is 0 Å². The molecule has 5 rings (SSSR count). The molecule has 1 aromatic carbocycles. The molecular formula is C25H24F3N5O2. The van der Waals surface area contributed by atoms with Crippen LogP contribution in [0.1, 0.15) is 40.9 Å². The Morgan fingerprint density at radius 2 is 1.71 bits per heavy atom. The molecule has 10 heteroatoms. The number of para-hydroxylation sites is 1. The number of likely N-dealkylation sites (tertiary alicyclic amines) is 1. The Morgan fingerprint density at radius 3 is 2.40 bits per heavy atom. The minimum absolute atomic E-state index is 0.0160. The van der Waals surface area contributed by atoms with Gasteiger partial charge in [0.15, 0.2) is 5.69 Å². The molecule has 182 valence electrons. The Morgan fingerprint density at radius 1 is 1.03 bits per heavy atom. The zero-order valence-electron chi connectivity index (χ0n) is 19.1. The van der Waals surface area contributed by atoms with E-state index in [0.717, 1.165) is 29.6 Å². The highest BCUT2D eigenvalue weighted by Crippen LogP contribution is 2.43. The summed E-state index contributed by atoms with van der Waals surface area (Å²) >= 11 is 0. The van der Waals surface area contributed by atoms with Crippen LogP contribution in [0.2, 0.25) is 0 Å². The van der Waals surface area contributed by atoms with Gasteiger partial charge in [-0.1, -0.05) is 18.2 Å². The number of rotatable bonds is 3. The maximum atomic E-state index is 13.3. The molecule has 2 amide bonds. The van der Waals surface area contributed by atoms with Gasteiger partial charge >= 0.3 is 6.18 Å². The van der Waals surface area contributed by atoms with Crippen LogP contribution in [0.3, 0.4) is 0 Å². The Kier molecular flexibility index (Phi) is 5.61. The van der Waals surface area contributed by atoms with Gasteiger partial charge in [-0.2, -0.15) is 18.3 Å². The first-order chi connectivity index (χ1) is 16.7. The fourth-order valence-corrected chi connectivity index (χ4v) is 4.92. The number of carbonyl (C=O) groups is 2. The van der Waals surface area contributed by atoms with Gasteiger partial charge in [0.05, 0.1) is 16.7 Å². The first-order valence-electron chi connectivity index (χ1n) is 11.4. The lowest BCUT2D eigenvalue weighted by molar-refractivity contribution is -0.137. The number of benzene rings is 1. The maximum Gasteiger partial charge on any atom is 0.416 e. The van der Waals surface area contributed by atoms with Crippen molar-refractivity contribution in [3.05, 3.63) is 71.7 Å². The normalized spacial score (nSPS) is 17.9. The highest BCUT2D eigenvalue weighted by Gasteiger charge is 2.49. The third kappa shape index (κ3) is 4.17. The SMILES string of the molecule is Cc1cn(-c2ccccc2)nc1C(=O)N1CCC2(CC1)CCN(c1cc(C(F)(F)F)ccn1)C2=O.